The summed E-state index contributed by atoms with van der Waals surface area (Å²) in [5, 5.41) is 19.4. The largest absolute Gasteiger partial charge is 0.394 e. The lowest BCUT2D eigenvalue weighted by atomic mass is 10.1. The van der Waals surface area contributed by atoms with Crippen LogP contribution in [0.2, 0.25) is 5.02 Å². The third-order valence-corrected chi connectivity index (χ3v) is 3.63. The molecule has 6 nitrogen and oxygen atoms in total. The van der Waals surface area contributed by atoms with Crippen molar-refractivity contribution >= 4 is 17.3 Å². The van der Waals surface area contributed by atoms with Gasteiger partial charge in [0.05, 0.1) is 25.0 Å². The van der Waals surface area contributed by atoms with Crippen molar-refractivity contribution in [3.63, 3.8) is 0 Å². The van der Waals surface area contributed by atoms with E-state index < -0.39 is 0 Å². The van der Waals surface area contributed by atoms with Crippen molar-refractivity contribution in [1.82, 2.24) is 15.1 Å². The van der Waals surface area contributed by atoms with Crippen LogP contribution in [0.25, 0.3) is 0 Å². The first-order valence-corrected chi connectivity index (χ1v) is 6.94. The van der Waals surface area contributed by atoms with Crippen molar-refractivity contribution in [2.75, 3.05) is 25.0 Å². The van der Waals surface area contributed by atoms with Crippen LogP contribution in [0.4, 0.5) is 5.69 Å². The molecule has 0 radical (unpaired) electrons. The Morgan fingerprint density at radius 2 is 2.47 bits per heavy atom. The maximum Gasteiger partial charge on any atom is 0.287 e. The number of rotatable bonds is 6. The van der Waals surface area contributed by atoms with Crippen LogP contribution < -0.4 is 16.2 Å². The van der Waals surface area contributed by atoms with Gasteiger partial charge in [-0.25, -0.2) is 4.68 Å². The van der Waals surface area contributed by atoms with Crippen molar-refractivity contribution in [2.45, 2.75) is 31.8 Å². The van der Waals surface area contributed by atoms with Crippen LogP contribution >= 0.6 is 11.6 Å². The zero-order valence-electron chi connectivity index (χ0n) is 10.7. The molecule has 0 aromatic carbocycles. The SMILES string of the molecule is O=c1c(Cl)c(NCC[C@H]2CCCN2)cnn1CCO. The van der Waals surface area contributed by atoms with E-state index in [1.54, 1.807) is 0 Å². The van der Waals surface area contributed by atoms with E-state index in [1.165, 1.54) is 19.0 Å². The quantitative estimate of drug-likeness (QED) is 0.707. The van der Waals surface area contributed by atoms with Gasteiger partial charge in [-0.3, -0.25) is 4.79 Å². The molecule has 1 aromatic heterocycles. The molecule has 1 saturated heterocycles. The third kappa shape index (κ3) is 3.68. The smallest absolute Gasteiger partial charge is 0.287 e. The van der Waals surface area contributed by atoms with Crippen molar-refractivity contribution in [2.24, 2.45) is 0 Å². The lowest BCUT2D eigenvalue weighted by molar-refractivity contribution is 0.266. The van der Waals surface area contributed by atoms with Crippen LogP contribution in [0.3, 0.4) is 0 Å². The molecule has 1 atom stereocenters. The summed E-state index contributed by atoms with van der Waals surface area (Å²) in [7, 11) is 0. The van der Waals surface area contributed by atoms with E-state index in [2.05, 4.69) is 15.7 Å². The fourth-order valence-corrected chi connectivity index (χ4v) is 2.44. The van der Waals surface area contributed by atoms with Gasteiger partial charge in [0.15, 0.2) is 0 Å². The van der Waals surface area contributed by atoms with E-state index in [9.17, 15) is 4.79 Å². The Labute approximate surface area is 116 Å². The molecular weight excluding hydrogens is 268 g/mol. The van der Waals surface area contributed by atoms with Crippen molar-refractivity contribution in [1.29, 1.82) is 0 Å². The molecule has 7 heteroatoms. The van der Waals surface area contributed by atoms with E-state index >= 15 is 0 Å². The molecule has 106 valence electrons. The molecule has 19 heavy (non-hydrogen) atoms. The second-order valence-corrected chi connectivity index (χ2v) is 5.01. The lowest BCUT2D eigenvalue weighted by Crippen LogP contribution is -2.27. The number of anilines is 1. The number of aliphatic hydroxyl groups excluding tert-OH is 1. The monoisotopic (exact) mass is 286 g/mol. The number of hydrogen-bond donors (Lipinski definition) is 3. The van der Waals surface area contributed by atoms with Gasteiger partial charge in [0.25, 0.3) is 5.56 Å². The normalized spacial score (nSPS) is 18.7. The zero-order chi connectivity index (χ0) is 13.7. The minimum Gasteiger partial charge on any atom is -0.394 e. The van der Waals surface area contributed by atoms with Gasteiger partial charge in [-0.15, -0.1) is 0 Å². The second-order valence-electron chi connectivity index (χ2n) is 4.63. The number of nitrogens with one attached hydrogen (secondary N) is 2. The summed E-state index contributed by atoms with van der Waals surface area (Å²) in [6, 6.07) is 0.550. The van der Waals surface area contributed by atoms with Gasteiger partial charge in [-0.05, 0) is 25.8 Å². The summed E-state index contributed by atoms with van der Waals surface area (Å²) in [6.45, 7) is 1.86. The van der Waals surface area contributed by atoms with Crippen molar-refractivity contribution < 1.29 is 5.11 Å². The molecule has 0 saturated carbocycles. The fraction of sp³-hybridized carbons (Fsp3) is 0.667. The zero-order valence-corrected chi connectivity index (χ0v) is 11.5. The highest BCUT2D eigenvalue weighted by molar-refractivity contribution is 6.32. The van der Waals surface area contributed by atoms with E-state index in [0.717, 1.165) is 24.2 Å². The Balaban J connectivity index is 1.92. The Morgan fingerprint density at radius 3 is 3.16 bits per heavy atom. The van der Waals surface area contributed by atoms with Crippen LogP contribution in [0, 0.1) is 0 Å². The summed E-state index contributed by atoms with van der Waals surface area (Å²) in [5.74, 6) is 0. The summed E-state index contributed by atoms with van der Waals surface area (Å²) in [5.41, 5.74) is 0.179. The van der Waals surface area contributed by atoms with Crippen LogP contribution in [-0.4, -0.2) is 40.6 Å². The highest BCUT2D eigenvalue weighted by atomic mass is 35.5. The molecular formula is C12H19ClN4O2. The first kappa shape index (κ1) is 14.3. The first-order chi connectivity index (χ1) is 9.22. The molecule has 1 aromatic rings. The number of nitrogens with zero attached hydrogens (tertiary/aromatic N) is 2. The highest BCUT2D eigenvalue weighted by Gasteiger charge is 2.14. The maximum atomic E-state index is 11.8. The molecule has 1 aliphatic rings. The molecule has 1 aliphatic heterocycles. The molecule has 0 aliphatic carbocycles. The molecule has 0 unspecified atom stereocenters. The van der Waals surface area contributed by atoms with E-state index in [0.29, 0.717) is 11.7 Å². The predicted octanol–water partition coefficient (Wildman–Crippen LogP) is 0.443. The number of aliphatic hydroxyl groups is 1. The lowest BCUT2D eigenvalue weighted by Gasteiger charge is -2.12. The predicted molar refractivity (Wildman–Crippen MR) is 74.7 cm³/mol. The maximum absolute atomic E-state index is 11.8. The molecule has 2 heterocycles. The van der Waals surface area contributed by atoms with Gasteiger partial charge in [0.1, 0.15) is 5.02 Å². The Hall–Kier alpha value is -1.11. The van der Waals surface area contributed by atoms with Crippen LogP contribution in [0.1, 0.15) is 19.3 Å². The minimum atomic E-state index is -0.375. The number of hydrogen-bond acceptors (Lipinski definition) is 5. The van der Waals surface area contributed by atoms with Gasteiger partial charge in [0.2, 0.25) is 0 Å². The minimum absolute atomic E-state index is 0.128. The van der Waals surface area contributed by atoms with Crippen molar-refractivity contribution in [3.05, 3.63) is 21.6 Å². The third-order valence-electron chi connectivity index (χ3n) is 3.27. The van der Waals surface area contributed by atoms with Crippen LogP contribution in [-0.2, 0) is 6.54 Å². The highest BCUT2D eigenvalue weighted by Crippen LogP contribution is 2.16. The average molecular weight is 287 g/mol. The number of halogens is 1. The van der Waals surface area contributed by atoms with E-state index in [4.69, 9.17) is 16.7 Å². The Kier molecular flexibility index (Phi) is 5.18. The summed E-state index contributed by atoms with van der Waals surface area (Å²) >= 11 is 6.00. The van der Waals surface area contributed by atoms with E-state index in [1.807, 2.05) is 0 Å². The van der Waals surface area contributed by atoms with Crippen molar-refractivity contribution in [3.8, 4) is 0 Å². The van der Waals surface area contributed by atoms with Gasteiger partial charge < -0.3 is 15.7 Å². The van der Waals surface area contributed by atoms with Gasteiger partial charge in [-0.1, -0.05) is 11.6 Å². The number of aromatic nitrogens is 2. The van der Waals surface area contributed by atoms with Gasteiger partial charge in [-0.2, -0.15) is 5.10 Å². The average Bonchev–Trinajstić information content (AvgIpc) is 2.91. The van der Waals surface area contributed by atoms with Crippen LogP contribution in [0.5, 0.6) is 0 Å². The summed E-state index contributed by atoms with van der Waals surface area (Å²) in [4.78, 5) is 11.8. The molecule has 0 amide bonds. The molecule has 0 spiro atoms. The van der Waals surface area contributed by atoms with Crippen LogP contribution in [0.15, 0.2) is 11.0 Å². The molecule has 0 bridgehead atoms. The topological polar surface area (TPSA) is 79.2 Å². The van der Waals surface area contributed by atoms with E-state index in [-0.39, 0.29) is 23.7 Å². The Morgan fingerprint density at radius 1 is 1.63 bits per heavy atom. The summed E-state index contributed by atoms with van der Waals surface area (Å²) < 4.78 is 1.16. The van der Waals surface area contributed by atoms with Gasteiger partial charge >= 0.3 is 0 Å². The second kappa shape index (κ2) is 6.88. The van der Waals surface area contributed by atoms with Gasteiger partial charge in [0, 0.05) is 12.6 Å². The standard InChI is InChI=1S/C12H19ClN4O2/c13-11-10(8-16-17(6-7-18)12(11)19)15-5-3-9-2-1-4-14-9/h8-9,14-15,18H,1-7H2/t9-/m1/s1. The Bertz CT molecular complexity index is 471. The summed E-state index contributed by atoms with van der Waals surface area (Å²) in [6.07, 6.45) is 4.95. The molecule has 3 N–H and O–H groups in total. The fourth-order valence-electron chi connectivity index (χ4n) is 2.23. The first-order valence-electron chi connectivity index (χ1n) is 6.56. The molecule has 2 rings (SSSR count). The molecule has 1 fully saturated rings.